The molecule has 1 rings (SSSR count). The predicted molar refractivity (Wildman–Crippen MR) is 62.9 cm³/mol. The van der Waals surface area contributed by atoms with E-state index in [4.69, 9.17) is 22.7 Å². The monoisotopic (exact) mass is 210 g/mol. The van der Waals surface area contributed by atoms with Crippen LogP contribution in [0.15, 0.2) is 12.1 Å². The molecule has 0 aromatic heterocycles. The minimum absolute atomic E-state index is 0.279. The van der Waals surface area contributed by atoms with Crippen molar-refractivity contribution in [3.8, 4) is 5.75 Å². The van der Waals surface area contributed by atoms with E-state index in [2.05, 4.69) is 5.32 Å². The molecule has 0 atom stereocenters. The van der Waals surface area contributed by atoms with Gasteiger partial charge in [-0.15, -0.1) is 0 Å². The van der Waals surface area contributed by atoms with Crippen molar-refractivity contribution < 1.29 is 4.74 Å². The van der Waals surface area contributed by atoms with Crippen LogP contribution in [-0.2, 0) is 0 Å². The van der Waals surface area contributed by atoms with Crippen LogP contribution in [0.5, 0.6) is 5.75 Å². The molecule has 0 unspecified atom stereocenters. The molecule has 0 bridgehead atoms. The van der Waals surface area contributed by atoms with E-state index in [0.717, 1.165) is 22.6 Å². The first-order valence-corrected chi connectivity index (χ1v) is 4.67. The predicted octanol–water partition coefficient (Wildman–Crippen LogP) is 1.97. The number of nitrogens with two attached hydrogens (primary N) is 1. The number of hydrogen-bond acceptors (Lipinski definition) is 2. The molecular formula is C10H14N2OS. The lowest BCUT2D eigenvalue weighted by Crippen LogP contribution is -2.20. The Kier molecular flexibility index (Phi) is 3.30. The van der Waals surface area contributed by atoms with Crippen LogP contribution in [0, 0.1) is 13.8 Å². The van der Waals surface area contributed by atoms with Gasteiger partial charge in [0.05, 0.1) is 7.11 Å². The Hall–Kier alpha value is -1.29. The summed E-state index contributed by atoms with van der Waals surface area (Å²) in [6, 6.07) is 3.88. The zero-order valence-electron chi connectivity index (χ0n) is 8.55. The highest BCUT2D eigenvalue weighted by atomic mass is 32.1. The zero-order valence-corrected chi connectivity index (χ0v) is 9.37. The number of thiocarbonyl (C=S) groups is 1. The second-order valence-electron chi connectivity index (χ2n) is 3.13. The molecule has 3 N–H and O–H groups in total. The van der Waals surface area contributed by atoms with Crippen LogP contribution < -0.4 is 15.8 Å². The Morgan fingerprint density at radius 3 is 2.21 bits per heavy atom. The van der Waals surface area contributed by atoms with Gasteiger partial charge in [-0.1, -0.05) is 0 Å². The molecular weight excluding hydrogens is 196 g/mol. The third-order valence-electron chi connectivity index (χ3n) is 1.99. The summed E-state index contributed by atoms with van der Waals surface area (Å²) in [6.07, 6.45) is 0. The molecule has 0 aliphatic rings. The average Bonchev–Trinajstić information content (AvgIpc) is 2.10. The fourth-order valence-corrected chi connectivity index (χ4v) is 1.46. The van der Waals surface area contributed by atoms with E-state index in [1.165, 1.54) is 0 Å². The van der Waals surface area contributed by atoms with Gasteiger partial charge < -0.3 is 15.8 Å². The lowest BCUT2D eigenvalue weighted by molar-refractivity contribution is 0.414. The second kappa shape index (κ2) is 4.28. The molecule has 0 radical (unpaired) electrons. The molecule has 14 heavy (non-hydrogen) atoms. The van der Waals surface area contributed by atoms with Crippen LogP contribution in [0.3, 0.4) is 0 Å². The van der Waals surface area contributed by atoms with Crippen molar-refractivity contribution in [3.63, 3.8) is 0 Å². The Labute approximate surface area is 89.3 Å². The summed E-state index contributed by atoms with van der Waals surface area (Å²) in [5, 5.41) is 3.23. The van der Waals surface area contributed by atoms with Gasteiger partial charge in [0.2, 0.25) is 0 Å². The summed E-state index contributed by atoms with van der Waals surface area (Å²) >= 11 is 4.79. The maximum Gasteiger partial charge on any atom is 0.168 e. The van der Waals surface area contributed by atoms with Crippen molar-refractivity contribution in [2.24, 2.45) is 5.73 Å². The lowest BCUT2D eigenvalue weighted by atomic mass is 10.1. The molecule has 3 nitrogen and oxygen atoms in total. The summed E-state index contributed by atoms with van der Waals surface area (Å²) in [5.41, 5.74) is 8.51. The number of benzene rings is 1. The summed E-state index contributed by atoms with van der Waals surface area (Å²) < 4.78 is 5.14. The molecule has 4 heteroatoms. The molecule has 0 heterocycles. The van der Waals surface area contributed by atoms with Crippen LogP contribution in [0.1, 0.15) is 11.1 Å². The number of rotatable bonds is 2. The van der Waals surface area contributed by atoms with Crippen molar-refractivity contribution in [1.29, 1.82) is 0 Å². The second-order valence-corrected chi connectivity index (χ2v) is 3.57. The summed E-state index contributed by atoms with van der Waals surface area (Å²) in [7, 11) is 1.65. The van der Waals surface area contributed by atoms with E-state index in [1.807, 2.05) is 26.0 Å². The van der Waals surface area contributed by atoms with Crippen molar-refractivity contribution in [3.05, 3.63) is 23.3 Å². The maximum atomic E-state index is 5.42. The smallest absolute Gasteiger partial charge is 0.168 e. The topological polar surface area (TPSA) is 47.3 Å². The fourth-order valence-electron chi connectivity index (χ4n) is 1.36. The Bertz CT molecular complexity index is 340. The molecule has 1 aromatic rings. The van der Waals surface area contributed by atoms with Gasteiger partial charge in [-0.05, 0) is 49.3 Å². The number of hydrogen-bond donors (Lipinski definition) is 2. The molecule has 0 amide bonds. The van der Waals surface area contributed by atoms with Crippen molar-refractivity contribution in [2.45, 2.75) is 13.8 Å². The van der Waals surface area contributed by atoms with E-state index >= 15 is 0 Å². The molecule has 0 aliphatic carbocycles. The third-order valence-corrected chi connectivity index (χ3v) is 2.09. The Morgan fingerprint density at radius 1 is 1.36 bits per heavy atom. The number of aryl methyl sites for hydroxylation is 2. The molecule has 0 spiro atoms. The summed E-state index contributed by atoms with van der Waals surface area (Å²) in [6.45, 7) is 3.96. The van der Waals surface area contributed by atoms with Crippen molar-refractivity contribution in [1.82, 2.24) is 0 Å². The van der Waals surface area contributed by atoms with Crippen LogP contribution in [0.4, 0.5) is 5.69 Å². The minimum Gasteiger partial charge on any atom is -0.497 e. The van der Waals surface area contributed by atoms with Crippen molar-refractivity contribution >= 4 is 23.0 Å². The fraction of sp³-hybridized carbons (Fsp3) is 0.300. The van der Waals surface area contributed by atoms with E-state index in [9.17, 15) is 0 Å². The quantitative estimate of drug-likeness (QED) is 0.733. The van der Waals surface area contributed by atoms with Gasteiger partial charge in [-0.25, -0.2) is 0 Å². The summed E-state index contributed by atoms with van der Waals surface area (Å²) in [5.74, 6) is 0.841. The van der Waals surface area contributed by atoms with E-state index in [-0.39, 0.29) is 5.11 Å². The van der Waals surface area contributed by atoms with Crippen molar-refractivity contribution in [2.75, 3.05) is 12.4 Å². The molecule has 76 valence electrons. The number of anilines is 1. The first kappa shape index (κ1) is 10.8. The summed E-state index contributed by atoms with van der Waals surface area (Å²) in [4.78, 5) is 0. The minimum atomic E-state index is 0.279. The normalized spacial score (nSPS) is 9.64. The third kappa shape index (κ3) is 2.35. The number of ether oxygens (including phenoxy) is 1. The SMILES string of the molecule is COc1cc(C)c(NC(N)=S)c(C)c1. The van der Waals surface area contributed by atoms with Crippen LogP contribution in [0.25, 0.3) is 0 Å². The highest BCUT2D eigenvalue weighted by molar-refractivity contribution is 7.80. The van der Waals surface area contributed by atoms with E-state index < -0.39 is 0 Å². The molecule has 1 aromatic carbocycles. The van der Waals surface area contributed by atoms with Gasteiger partial charge in [0.1, 0.15) is 5.75 Å². The molecule has 0 saturated heterocycles. The average molecular weight is 210 g/mol. The first-order chi connectivity index (χ1) is 6.54. The van der Waals surface area contributed by atoms with Gasteiger partial charge in [-0.2, -0.15) is 0 Å². The highest BCUT2D eigenvalue weighted by Crippen LogP contribution is 2.25. The molecule has 0 aliphatic heterocycles. The van der Waals surface area contributed by atoms with Gasteiger partial charge in [0.15, 0.2) is 5.11 Å². The van der Waals surface area contributed by atoms with Gasteiger partial charge in [0.25, 0.3) is 0 Å². The van der Waals surface area contributed by atoms with Gasteiger partial charge in [0, 0.05) is 5.69 Å². The Morgan fingerprint density at radius 2 is 1.86 bits per heavy atom. The highest BCUT2D eigenvalue weighted by Gasteiger charge is 2.05. The standard InChI is InChI=1S/C10H14N2OS/c1-6-4-8(13-3)5-7(2)9(6)12-10(11)14/h4-5H,1-3H3,(H3,11,12,14). The van der Waals surface area contributed by atoms with Crippen LogP contribution >= 0.6 is 12.2 Å². The van der Waals surface area contributed by atoms with Crippen LogP contribution in [0.2, 0.25) is 0 Å². The lowest BCUT2D eigenvalue weighted by Gasteiger charge is -2.12. The van der Waals surface area contributed by atoms with E-state index in [1.54, 1.807) is 7.11 Å². The number of methoxy groups -OCH3 is 1. The zero-order chi connectivity index (χ0) is 10.7. The van der Waals surface area contributed by atoms with E-state index in [0.29, 0.717) is 0 Å². The number of nitrogens with one attached hydrogen (secondary N) is 1. The first-order valence-electron chi connectivity index (χ1n) is 4.26. The maximum absolute atomic E-state index is 5.42. The van der Waals surface area contributed by atoms with Crippen LogP contribution in [-0.4, -0.2) is 12.2 Å². The largest absolute Gasteiger partial charge is 0.497 e. The Balaban J connectivity index is 3.11. The van der Waals surface area contributed by atoms with Gasteiger partial charge >= 0.3 is 0 Å². The molecule has 0 fully saturated rings. The molecule has 0 saturated carbocycles. The van der Waals surface area contributed by atoms with Gasteiger partial charge in [-0.3, -0.25) is 0 Å².